The largest absolute Gasteiger partial charge is 0.462 e. The van der Waals surface area contributed by atoms with E-state index in [9.17, 15) is 19.8 Å². The molecule has 1 aliphatic carbocycles. The number of nitrogens with zero attached hydrogens (tertiary/aromatic N) is 2. The number of hydrogen-bond donors (Lipinski definition) is 3. The molecule has 8 heterocycles. The summed E-state index contributed by atoms with van der Waals surface area (Å²) < 4.78 is 64.4. The fourth-order valence-electron chi connectivity index (χ4n) is 13.0. The van der Waals surface area contributed by atoms with Crippen molar-refractivity contribution in [2.45, 2.75) is 204 Å². The molecule has 8 aliphatic heterocycles. The zero-order chi connectivity index (χ0) is 56.3. The predicted molar refractivity (Wildman–Crippen MR) is 300 cm³/mol. The van der Waals surface area contributed by atoms with Gasteiger partial charge in [-0.25, -0.2) is 0 Å². The van der Waals surface area contributed by atoms with Gasteiger partial charge in [0.2, 0.25) is 5.91 Å². The maximum atomic E-state index is 14.4. The Kier molecular flexibility index (Phi) is 19.5. The second kappa shape index (κ2) is 25.8. The lowest BCUT2D eigenvalue weighted by atomic mass is 9.71. The molecule has 10 rings (SSSR count). The molecule has 436 valence electrons. The number of thioether (sulfide) groups is 1. The first-order valence-corrected chi connectivity index (χ1v) is 29.8. The summed E-state index contributed by atoms with van der Waals surface area (Å²) in [4.78, 5) is 33.4. The molecule has 2 bridgehead atoms. The minimum atomic E-state index is -1.84. The molecule has 0 radical (unpaired) electrons. The van der Waals surface area contributed by atoms with Crippen LogP contribution < -0.4 is 5.32 Å². The van der Waals surface area contributed by atoms with Gasteiger partial charge in [0.25, 0.3) is 0 Å². The predicted octanol–water partition coefficient (Wildman–Crippen LogP) is 7.67. The Hall–Kier alpha value is -3.76. The van der Waals surface area contributed by atoms with Crippen molar-refractivity contribution < 1.29 is 67.2 Å². The summed E-state index contributed by atoms with van der Waals surface area (Å²) in [6.07, 6.45) is 9.46. The quantitative estimate of drug-likeness (QED) is 0.153. The van der Waals surface area contributed by atoms with Crippen molar-refractivity contribution in [3.63, 3.8) is 0 Å². The number of amides is 1. The first-order valence-electron chi connectivity index (χ1n) is 28.8. The van der Waals surface area contributed by atoms with E-state index in [1.54, 1.807) is 33.3 Å². The van der Waals surface area contributed by atoms with Crippen molar-refractivity contribution in [1.29, 1.82) is 0 Å². The Morgan fingerprint density at radius 1 is 0.949 bits per heavy atom. The zero-order valence-corrected chi connectivity index (χ0v) is 48.9. The highest BCUT2D eigenvalue weighted by Gasteiger charge is 2.60. The molecule has 17 nitrogen and oxygen atoms in total. The van der Waals surface area contributed by atoms with Gasteiger partial charge in [-0.15, -0.1) is 0 Å². The van der Waals surface area contributed by atoms with E-state index in [1.165, 1.54) is 30.0 Å². The second-order valence-corrected chi connectivity index (χ2v) is 24.4. The van der Waals surface area contributed by atoms with Crippen LogP contribution in [0.25, 0.3) is 0 Å². The van der Waals surface area contributed by atoms with Gasteiger partial charge >= 0.3 is 5.97 Å². The van der Waals surface area contributed by atoms with Crippen LogP contribution in [0.3, 0.4) is 0 Å². The number of esters is 1. The first-order chi connectivity index (χ1) is 37.8. The third kappa shape index (κ3) is 13.2. The Morgan fingerprint density at radius 3 is 2.41 bits per heavy atom. The molecule has 79 heavy (non-hydrogen) atoms. The highest BCUT2D eigenvalue weighted by Crippen LogP contribution is 2.47. The minimum absolute atomic E-state index is 0.0270. The van der Waals surface area contributed by atoms with Crippen molar-refractivity contribution >= 4 is 28.8 Å². The van der Waals surface area contributed by atoms with Gasteiger partial charge in [0.05, 0.1) is 61.4 Å². The fourth-order valence-corrected chi connectivity index (χ4v) is 14.0. The van der Waals surface area contributed by atoms with Crippen LogP contribution in [0, 0.1) is 23.7 Å². The van der Waals surface area contributed by atoms with Crippen molar-refractivity contribution in [3.05, 3.63) is 95.1 Å². The molecule has 21 atom stereocenters. The lowest BCUT2D eigenvalue weighted by molar-refractivity contribution is -0.311. The van der Waals surface area contributed by atoms with Gasteiger partial charge in [0.15, 0.2) is 23.5 Å². The number of amidine groups is 1. The molecular formula is C61H87N3O14S. The van der Waals surface area contributed by atoms with Gasteiger partial charge in [0.1, 0.15) is 35.9 Å². The number of carbonyl (C=O) groups is 2. The van der Waals surface area contributed by atoms with E-state index in [2.05, 4.69) is 80.4 Å². The fraction of sp³-hybridized carbons (Fsp3) is 0.689. The molecular weight excluding hydrogens is 1030 g/mol. The van der Waals surface area contributed by atoms with Crippen LogP contribution in [0.1, 0.15) is 112 Å². The summed E-state index contributed by atoms with van der Waals surface area (Å²) in [5.41, 5.74) is 1.46. The molecule has 0 aromatic heterocycles. The van der Waals surface area contributed by atoms with E-state index in [0.717, 1.165) is 18.5 Å². The third-order valence-electron chi connectivity index (χ3n) is 17.6. The molecule has 18 heteroatoms. The Balaban J connectivity index is 0.000000463. The molecule has 0 saturated carbocycles. The van der Waals surface area contributed by atoms with Crippen LogP contribution in [0.4, 0.5) is 0 Å². The van der Waals surface area contributed by atoms with E-state index < -0.39 is 84.7 Å². The summed E-state index contributed by atoms with van der Waals surface area (Å²) in [5, 5.41) is 28.0. The van der Waals surface area contributed by atoms with Crippen LogP contribution in [-0.4, -0.2) is 169 Å². The van der Waals surface area contributed by atoms with Gasteiger partial charge in [-0.2, -0.15) is 0 Å². The molecule has 1 aromatic carbocycles. The molecule has 1 spiro atoms. The van der Waals surface area contributed by atoms with Gasteiger partial charge in [-0.1, -0.05) is 113 Å². The van der Waals surface area contributed by atoms with E-state index in [-0.39, 0.29) is 61.0 Å². The van der Waals surface area contributed by atoms with Crippen LogP contribution in [0.15, 0.2) is 94.6 Å². The standard InChI is InChI=1S/C50H75NO14.C11H12N2S/c1-12-26(2)45-29(5)18-19-49(65-45)24-36-21-35(64-49)17-16-28(4)44(27(3)14-13-15-34-25-58-47-43(53)30(6)20-37(48(54)61-36)50(34,47)55)62-41-23-39(57-11)46(32(8)60-41)63-40-22-38(56-10)42(31(7)59-40)51-33(9)52;1-2-4-9(5-3-1)10-8-13-6-7-14-11(13)12-10/h13-16,18-20,26-27,29,31-32,35-47,53,55H,12,17,21-25H2,1-11H3,(H,51,52);1-5,10H,6-8H2/b14-13+,28-16+,34-15+;/t26-,27-,29-,31-,32-,35+,36-,37-,38-,39-,40-,41-,42+,43+,44-,45+,46-,47+,49+,50+;10-/m01/s1. The maximum absolute atomic E-state index is 14.4. The van der Waals surface area contributed by atoms with Gasteiger partial charge in [0, 0.05) is 77.5 Å². The Morgan fingerprint density at radius 2 is 1.68 bits per heavy atom. The molecule has 0 unspecified atom stereocenters. The highest BCUT2D eigenvalue weighted by molar-refractivity contribution is 8.14. The number of methoxy groups -OCH3 is 2. The number of rotatable bonds is 10. The summed E-state index contributed by atoms with van der Waals surface area (Å²) in [6.45, 7) is 19.9. The van der Waals surface area contributed by atoms with Crippen molar-refractivity contribution in [2.24, 2.45) is 28.7 Å². The lowest BCUT2D eigenvalue weighted by Crippen LogP contribution is -2.58. The number of aliphatic hydroxyl groups excluding tert-OH is 1. The molecule has 9 aliphatic rings. The van der Waals surface area contributed by atoms with Crippen molar-refractivity contribution in [2.75, 3.05) is 39.7 Å². The molecule has 1 aromatic rings. The summed E-state index contributed by atoms with van der Waals surface area (Å²) in [7, 11) is 3.27. The topological polar surface area (TPSA) is 195 Å². The summed E-state index contributed by atoms with van der Waals surface area (Å²) in [5.74, 6) is -1.54. The third-order valence-corrected chi connectivity index (χ3v) is 18.6. The Labute approximate surface area is 471 Å². The van der Waals surface area contributed by atoms with Crippen LogP contribution >= 0.6 is 11.8 Å². The zero-order valence-electron chi connectivity index (χ0n) is 48.1. The first kappa shape index (κ1) is 59.8. The second-order valence-electron chi connectivity index (χ2n) is 23.3. The number of fused-ring (bicyclic) bond motifs is 3. The number of aliphatic hydroxyl groups is 2. The molecule has 1 amide bonds. The number of ether oxygens (including phenoxy) is 10. The van der Waals surface area contributed by atoms with E-state index >= 15 is 0 Å². The van der Waals surface area contributed by atoms with Gasteiger partial charge in [-0.3, -0.25) is 14.6 Å². The van der Waals surface area contributed by atoms with E-state index in [4.69, 9.17) is 52.4 Å². The number of allylic oxidation sites excluding steroid dienone is 2. The maximum Gasteiger partial charge on any atom is 0.316 e. The van der Waals surface area contributed by atoms with Gasteiger partial charge in [-0.05, 0) is 68.4 Å². The highest BCUT2D eigenvalue weighted by atomic mass is 32.2. The van der Waals surface area contributed by atoms with Crippen molar-refractivity contribution in [3.8, 4) is 0 Å². The van der Waals surface area contributed by atoms with Crippen LogP contribution in [0.2, 0.25) is 0 Å². The smallest absolute Gasteiger partial charge is 0.316 e. The average Bonchev–Trinajstić information content (AvgIpc) is 4.22. The number of aliphatic imine (C=N–C) groups is 1. The van der Waals surface area contributed by atoms with E-state index in [0.29, 0.717) is 42.9 Å². The normalized spacial score (nSPS) is 43.4. The van der Waals surface area contributed by atoms with Crippen LogP contribution in [-0.2, 0) is 57.0 Å². The SMILES string of the molecule is CC[C@H](C)[C@H]1O[C@]2(C=C[C@@H]1C)C[C@@H]1C[C@@H](C/C=C(\C)[C@@H](O[C@H]3C[C@H](OC)[C@@H](O[C@H]4C[C@H](OC)[C@H](NC(C)=O)[C@H](C)O4)[C@H](C)O3)[C@@H](C)/C=C/C=C3\CO[C@@H]4[C@H](O)C(C)=C[C@@H](C(=O)O1)[C@]34O)O2.c1ccc([C@H]2CN3CCSC3=N2)cc1. The summed E-state index contributed by atoms with van der Waals surface area (Å²) >= 11 is 1.89. The molecule has 3 N–H and O–H groups in total. The lowest BCUT2D eigenvalue weighted by Gasteiger charge is -2.48. The number of nitrogens with one attached hydrogen (secondary N) is 1. The molecule has 5 saturated heterocycles. The van der Waals surface area contributed by atoms with Crippen molar-refractivity contribution in [1.82, 2.24) is 10.2 Å². The summed E-state index contributed by atoms with van der Waals surface area (Å²) in [6, 6.07) is 10.6. The van der Waals surface area contributed by atoms with Gasteiger partial charge < -0.3 is 67.8 Å². The number of benzene rings is 1. The number of hydrogen-bond acceptors (Lipinski definition) is 17. The van der Waals surface area contributed by atoms with Crippen LogP contribution in [0.5, 0.6) is 0 Å². The Bertz CT molecular complexity index is 2470. The average molecular weight is 1120 g/mol. The van der Waals surface area contributed by atoms with E-state index in [1.807, 2.05) is 50.8 Å². The monoisotopic (exact) mass is 1120 g/mol. The number of carbonyl (C=O) groups excluding carboxylic acids is 2. The minimum Gasteiger partial charge on any atom is -0.462 e. The molecule has 5 fully saturated rings.